The van der Waals surface area contributed by atoms with Gasteiger partial charge in [-0.25, -0.2) is 0 Å². The smallest absolute Gasteiger partial charge is 0.271 e. The molecule has 0 aromatic heterocycles. The summed E-state index contributed by atoms with van der Waals surface area (Å²) in [6.07, 6.45) is 7.52. The van der Waals surface area contributed by atoms with E-state index in [4.69, 9.17) is 16.2 Å². The highest BCUT2D eigenvalue weighted by Crippen LogP contribution is 2.34. The number of carbonyl (C=O) groups is 1. The Morgan fingerprint density at radius 3 is 2.57 bits per heavy atom. The molecule has 0 spiro atoms. The molecule has 0 aromatic carbocycles. The zero-order valence-electron chi connectivity index (χ0n) is 13.5. The number of nitrogens with two attached hydrogens (primary N) is 2. The SMILES string of the molecule is CN(CCOC1=CCCC=C1C(C)(C)C)C(=O)/C(N)=C/N. The number of amides is 1. The first kappa shape index (κ1) is 17.1. The number of hydrogen-bond acceptors (Lipinski definition) is 4. The molecule has 21 heavy (non-hydrogen) atoms. The summed E-state index contributed by atoms with van der Waals surface area (Å²) >= 11 is 0. The van der Waals surface area contributed by atoms with Crippen LogP contribution in [0.2, 0.25) is 0 Å². The zero-order valence-corrected chi connectivity index (χ0v) is 13.5. The maximum atomic E-state index is 11.8. The predicted octanol–water partition coefficient (Wildman–Crippen LogP) is 1.87. The minimum Gasteiger partial charge on any atom is -0.492 e. The van der Waals surface area contributed by atoms with Crippen molar-refractivity contribution in [1.82, 2.24) is 4.90 Å². The van der Waals surface area contributed by atoms with Crippen LogP contribution in [0, 0.1) is 5.41 Å². The molecule has 1 aliphatic rings. The van der Waals surface area contributed by atoms with Gasteiger partial charge in [-0.3, -0.25) is 4.79 Å². The summed E-state index contributed by atoms with van der Waals surface area (Å²) in [6.45, 7) is 7.40. The van der Waals surface area contributed by atoms with E-state index in [1.54, 1.807) is 7.05 Å². The van der Waals surface area contributed by atoms with Gasteiger partial charge in [0, 0.05) is 13.2 Å². The van der Waals surface area contributed by atoms with Crippen LogP contribution in [0.1, 0.15) is 33.6 Å². The second-order valence-electron chi connectivity index (χ2n) is 6.21. The van der Waals surface area contributed by atoms with E-state index in [9.17, 15) is 4.79 Å². The average molecular weight is 293 g/mol. The highest BCUT2D eigenvalue weighted by Gasteiger charge is 2.23. The summed E-state index contributed by atoms with van der Waals surface area (Å²) < 4.78 is 5.86. The summed E-state index contributed by atoms with van der Waals surface area (Å²) in [5.41, 5.74) is 12.1. The van der Waals surface area contributed by atoms with Crippen molar-refractivity contribution in [3.05, 3.63) is 35.4 Å². The van der Waals surface area contributed by atoms with Gasteiger partial charge >= 0.3 is 0 Å². The first-order valence-electron chi connectivity index (χ1n) is 7.24. The average Bonchev–Trinajstić information content (AvgIpc) is 2.44. The second kappa shape index (κ2) is 7.20. The number of ether oxygens (including phenoxy) is 1. The Bertz CT molecular complexity index is 470. The van der Waals surface area contributed by atoms with Gasteiger partial charge < -0.3 is 21.1 Å². The molecule has 0 unspecified atom stereocenters. The van der Waals surface area contributed by atoms with Crippen LogP contribution in [-0.4, -0.2) is 31.0 Å². The molecular formula is C16H27N3O2. The maximum Gasteiger partial charge on any atom is 0.271 e. The van der Waals surface area contributed by atoms with Crippen molar-refractivity contribution < 1.29 is 9.53 Å². The van der Waals surface area contributed by atoms with Crippen LogP contribution in [0.4, 0.5) is 0 Å². The fourth-order valence-corrected chi connectivity index (χ4v) is 2.15. The fraction of sp³-hybridized carbons (Fsp3) is 0.562. The van der Waals surface area contributed by atoms with Crippen molar-refractivity contribution in [2.45, 2.75) is 33.6 Å². The molecule has 1 rings (SSSR count). The summed E-state index contributed by atoms with van der Waals surface area (Å²) in [5, 5.41) is 0. The van der Waals surface area contributed by atoms with Crippen molar-refractivity contribution in [3.63, 3.8) is 0 Å². The molecule has 5 heteroatoms. The zero-order chi connectivity index (χ0) is 16.0. The highest BCUT2D eigenvalue weighted by atomic mass is 16.5. The Balaban J connectivity index is 2.54. The largest absolute Gasteiger partial charge is 0.492 e. The van der Waals surface area contributed by atoms with Gasteiger partial charge in [-0.05, 0) is 29.9 Å². The van der Waals surface area contributed by atoms with Gasteiger partial charge in [-0.2, -0.15) is 0 Å². The summed E-state index contributed by atoms with van der Waals surface area (Å²) in [4.78, 5) is 13.3. The molecule has 0 fully saturated rings. The van der Waals surface area contributed by atoms with Gasteiger partial charge in [-0.1, -0.05) is 26.8 Å². The van der Waals surface area contributed by atoms with Crippen LogP contribution < -0.4 is 11.5 Å². The molecule has 1 aliphatic carbocycles. The molecule has 4 N–H and O–H groups in total. The van der Waals surface area contributed by atoms with E-state index in [0.717, 1.165) is 24.8 Å². The normalized spacial score (nSPS) is 16.1. The molecule has 1 amide bonds. The number of nitrogens with zero attached hydrogens (tertiary/aromatic N) is 1. The predicted molar refractivity (Wildman–Crippen MR) is 84.9 cm³/mol. The monoisotopic (exact) mass is 293 g/mol. The molecule has 0 saturated heterocycles. The summed E-state index contributed by atoms with van der Waals surface area (Å²) in [6, 6.07) is 0. The fourth-order valence-electron chi connectivity index (χ4n) is 2.15. The third kappa shape index (κ3) is 4.85. The molecule has 0 heterocycles. The van der Waals surface area contributed by atoms with E-state index in [2.05, 4.69) is 32.9 Å². The number of hydrogen-bond donors (Lipinski definition) is 2. The van der Waals surface area contributed by atoms with Crippen molar-refractivity contribution in [1.29, 1.82) is 0 Å². The number of carbonyl (C=O) groups excluding carboxylic acids is 1. The third-order valence-corrected chi connectivity index (χ3v) is 3.38. The Kier molecular flexibility index (Phi) is 5.88. The minimum atomic E-state index is -0.287. The Hall–Kier alpha value is -1.91. The molecule has 5 nitrogen and oxygen atoms in total. The van der Waals surface area contributed by atoms with E-state index in [1.165, 1.54) is 10.5 Å². The quantitative estimate of drug-likeness (QED) is 0.758. The molecule has 0 atom stereocenters. The van der Waals surface area contributed by atoms with E-state index in [-0.39, 0.29) is 17.0 Å². The number of allylic oxidation sites excluding steroid dienone is 3. The molecule has 0 aliphatic heterocycles. The van der Waals surface area contributed by atoms with Crippen molar-refractivity contribution in [3.8, 4) is 0 Å². The lowest BCUT2D eigenvalue weighted by Crippen LogP contribution is -2.34. The minimum absolute atomic E-state index is 0.0460. The van der Waals surface area contributed by atoms with Gasteiger partial charge in [0.15, 0.2) is 0 Å². The van der Waals surface area contributed by atoms with Crippen LogP contribution >= 0.6 is 0 Å². The lowest BCUT2D eigenvalue weighted by Gasteiger charge is -2.28. The lowest BCUT2D eigenvalue weighted by atomic mass is 9.82. The highest BCUT2D eigenvalue weighted by molar-refractivity contribution is 5.92. The van der Waals surface area contributed by atoms with E-state index in [1.807, 2.05) is 0 Å². The van der Waals surface area contributed by atoms with Gasteiger partial charge in [0.1, 0.15) is 18.1 Å². The summed E-state index contributed by atoms with van der Waals surface area (Å²) in [5.74, 6) is 0.641. The maximum absolute atomic E-state index is 11.8. The van der Waals surface area contributed by atoms with Crippen molar-refractivity contribution >= 4 is 5.91 Å². The summed E-state index contributed by atoms with van der Waals surface area (Å²) in [7, 11) is 1.68. The third-order valence-electron chi connectivity index (χ3n) is 3.38. The van der Waals surface area contributed by atoms with Gasteiger partial charge in [0.2, 0.25) is 0 Å². The van der Waals surface area contributed by atoms with Gasteiger partial charge in [0.05, 0.1) is 6.54 Å². The van der Waals surface area contributed by atoms with Gasteiger partial charge in [-0.15, -0.1) is 0 Å². The number of likely N-dealkylation sites (N-methyl/N-ethyl adjacent to an activating group) is 1. The first-order chi connectivity index (χ1) is 9.77. The standard InChI is InChI=1S/C16H27N3O2/c1-16(2,3)12-7-5-6-8-14(12)21-10-9-19(4)15(20)13(18)11-17/h7-8,11H,5-6,9-10,17-18H2,1-4H3/b13-11-. The Labute approximate surface area is 127 Å². The molecular weight excluding hydrogens is 266 g/mol. The molecule has 118 valence electrons. The Morgan fingerprint density at radius 1 is 1.38 bits per heavy atom. The number of rotatable bonds is 5. The topological polar surface area (TPSA) is 81.6 Å². The lowest BCUT2D eigenvalue weighted by molar-refractivity contribution is -0.126. The van der Waals surface area contributed by atoms with E-state index < -0.39 is 0 Å². The second-order valence-corrected chi connectivity index (χ2v) is 6.21. The first-order valence-corrected chi connectivity index (χ1v) is 7.24. The molecule has 0 saturated carbocycles. The van der Waals surface area contributed by atoms with Crippen LogP contribution in [0.5, 0.6) is 0 Å². The van der Waals surface area contributed by atoms with Crippen LogP contribution in [0.15, 0.2) is 35.4 Å². The van der Waals surface area contributed by atoms with Gasteiger partial charge in [0.25, 0.3) is 5.91 Å². The van der Waals surface area contributed by atoms with Crippen LogP contribution in [0.3, 0.4) is 0 Å². The van der Waals surface area contributed by atoms with E-state index >= 15 is 0 Å². The van der Waals surface area contributed by atoms with Crippen LogP contribution in [-0.2, 0) is 9.53 Å². The van der Waals surface area contributed by atoms with E-state index in [0.29, 0.717) is 13.2 Å². The molecule has 0 aromatic rings. The molecule has 0 bridgehead atoms. The Morgan fingerprint density at radius 2 is 2.00 bits per heavy atom. The molecule has 0 radical (unpaired) electrons. The van der Waals surface area contributed by atoms with Crippen molar-refractivity contribution in [2.24, 2.45) is 16.9 Å². The van der Waals surface area contributed by atoms with Crippen molar-refractivity contribution in [2.75, 3.05) is 20.2 Å². The van der Waals surface area contributed by atoms with Crippen LogP contribution in [0.25, 0.3) is 0 Å².